The average Bonchev–Trinajstić information content (AvgIpc) is 3.26. The van der Waals surface area contributed by atoms with E-state index in [1.165, 1.54) is 16.8 Å². The van der Waals surface area contributed by atoms with Crippen molar-refractivity contribution in [1.82, 2.24) is 24.7 Å². The summed E-state index contributed by atoms with van der Waals surface area (Å²) in [5.41, 5.74) is 0.943. The number of halogens is 3. The lowest BCUT2D eigenvalue weighted by molar-refractivity contribution is 0.352. The molecule has 0 unspecified atom stereocenters. The predicted octanol–water partition coefficient (Wildman–Crippen LogP) is 4.26. The fourth-order valence-electron chi connectivity index (χ4n) is 4.76. The highest BCUT2D eigenvalue weighted by Gasteiger charge is 2.43. The Morgan fingerprint density at radius 1 is 1.21 bits per heavy atom. The molecule has 0 spiro atoms. The second-order valence-electron chi connectivity index (χ2n) is 8.47. The Kier molecular flexibility index (Phi) is 6.01. The molecule has 11 heteroatoms. The van der Waals surface area contributed by atoms with Gasteiger partial charge in [-0.2, -0.15) is 4.98 Å². The summed E-state index contributed by atoms with van der Waals surface area (Å²) in [6.45, 7) is 2.99. The Morgan fingerprint density at radius 2 is 2.00 bits per heavy atom. The van der Waals surface area contributed by atoms with Crippen LogP contribution in [0.2, 0.25) is 5.02 Å². The summed E-state index contributed by atoms with van der Waals surface area (Å²) in [6.07, 6.45) is 3.78. The lowest BCUT2D eigenvalue weighted by Crippen LogP contribution is -2.48. The molecule has 2 bridgehead atoms. The van der Waals surface area contributed by atoms with Gasteiger partial charge in [0.15, 0.2) is 11.6 Å². The molecule has 2 aromatic heterocycles. The molecule has 5 rings (SSSR count). The summed E-state index contributed by atoms with van der Waals surface area (Å²) in [5.74, 6) is 1.28. The van der Waals surface area contributed by atoms with Gasteiger partial charge in [-0.1, -0.05) is 17.7 Å². The van der Waals surface area contributed by atoms with Gasteiger partial charge < -0.3 is 15.0 Å². The number of benzene rings is 1. The number of piperidine rings is 1. The van der Waals surface area contributed by atoms with Gasteiger partial charge in [-0.3, -0.25) is 0 Å². The van der Waals surface area contributed by atoms with Crippen LogP contribution in [0.15, 0.2) is 30.6 Å². The highest BCUT2D eigenvalue weighted by molar-refractivity contribution is 6.30. The van der Waals surface area contributed by atoms with Gasteiger partial charge in [0.1, 0.15) is 18.8 Å². The molecule has 3 aromatic rings. The van der Waals surface area contributed by atoms with Gasteiger partial charge in [-0.05, 0) is 43.7 Å². The van der Waals surface area contributed by atoms with E-state index < -0.39 is 12.5 Å². The predicted molar refractivity (Wildman–Crippen MR) is 120 cm³/mol. The van der Waals surface area contributed by atoms with Crippen molar-refractivity contribution in [2.75, 3.05) is 30.0 Å². The van der Waals surface area contributed by atoms with Crippen LogP contribution in [0.4, 0.5) is 20.5 Å². The normalized spacial score (nSPS) is 21.9. The average molecular weight is 476 g/mol. The van der Waals surface area contributed by atoms with Crippen molar-refractivity contribution >= 4 is 23.4 Å². The minimum absolute atomic E-state index is 0.0116. The molecule has 2 aliphatic rings. The Balaban J connectivity index is 1.32. The number of anilines is 2. The van der Waals surface area contributed by atoms with Crippen molar-refractivity contribution in [3.63, 3.8) is 0 Å². The van der Waals surface area contributed by atoms with E-state index >= 15 is 0 Å². The zero-order valence-electron chi connectivity index (χ0n) is 18.1. The fourth-order valence-corrected chi connectivity index (χ4v) is 4.92. The van der Waals surface area contributed by atoms with E-state index in [4.69, 9.17) is 16.3 Å². The van der Waals surface area contributed by atoms with Gasteiger partial charge in [0.05, 0.1) is 11.6 Å². The molecule has 1 aromatic carbocycles. The number of aromatic nitrogens is 5. The van der Waals surface area contributed by atoms with Gasteiger partial charge in [-0.15, -0.1) is 5.10 Å². The molecule has 1 aliphatic heterocycles. The minimum atomic E-state index is -0.700. The number of alkyl halides is 1. The van der Waals surface area contributed by atoms with E-state index in [2.05, 4.69) is 30.3 Å². The van der Waals surface area contributed by atoms with Crippen LogP contribution in [0.5, 0.6) is 11.8 Å². The number of fused-ring (bicyclic) bond motifs is 2. The Morgan fingerprint density at radius 3 is 2.73 bits per heavy atom. The van der Waals surface area contributed by atoms with E-state index in [0.29, 0.717) is 17.8 Å². The zero-order valence-corrected chi connectivity index (χ0v) is 18.8. The minimum Gasteiger partial charge on any atom is -0.421 e. The van der Waals surface area contributed by atoms with Crippen LogP contribution in [-0.2, 0) is 6.54 Å². The largest absolute Gasteiger partial charge is 0.421 e. The monoisotopic (exact) mass is 475 g/mol. The second-order valence-corrected chi connectivity index (χ2v) is 8.88. The molecule has 8 nitrogen and oxygen atoms in total. The van der Waals surface area contributed by atoms with Gasteiger partial charge >= 0.3 is 6.01 Å². The van der Waals surface area contributed by atoms with Crippen LogP contribution in [0.1, 0.15) is 18.5 Å². The van der Waals surface area contributed by atoms with E-state index in [0.717, 1.165) is 37.4 Å². The maximum absolute atomic E-state index is 14.3. The van der Waals surface area contributed by atoms with E-state index in [1.807, 2.05) is 13.0 Å². The summed E-state index contributed by atoms with van der Waals surface area (Å²) in [4.78, 5) is 15.3. The number of rotatable bonds is 7. The Labute approximate surface area is 195 Å². The molecule has 1 N–H and O–H groups in total. The third-order valence-electron chi connectivity index (χ3n) is 6.29. The third kappa shape index (κ3) is 4.44. The number of nitrogens with zero attached hydrogens (tertiary/aromatic N) is 6. The van der Waals surface area contributed by atoms with Crippen molar-refractivity contribution < 1.29 is 13.5 Å². The third-order valence-corrected chi connectivity index (χ3v) is 6.59. The maximum atomic E-state index is 14.3. The number of hydrogen-bond donors (Lipinski definition) is 1. The van der Waals surface area contributed by atoms with Gasteiger partial charge in [0, 0.05) is 30.9 Å². The number of hydrogen-bond acceptors (Lipinski definition) is 7. The van der Waals surface area contributed by atoms with Crippen molar-refractivity contribution in [3.05, 3.63) is 47.1 Å². The van der Waals surface area contributed by atoms with Gasteiger partial charge in [0.2, 0.25) is 5.95 Å². The molecule has 1 saturated heterocycles. The summed E-state index contributed by atoms with van der Waals surface area (Å²) in [5, 5.41) is 7.73. The highest BCUT2D eigenvalue weighted by Crippen LogP contribution is 2.40. The van der Waals surface area contributed by atoms with E-state index in [-0.39, 0.29) is 29.4 Å². The topological polar surface area (TPSA) is 81.0 Å². The molecule has 33 heavy (non-hydrogen) atoms. The first kappa shape index (κ1) is 21.8. The fraction of sp³-hybridized carbons (Fsp3) is 0.455. The number of ether oxygens (including phenoxy) is 1. The first-order valence-electron chi connectivity index (χ1n) is 10.9. The van der Waals surface area contributed by atoms with E-state index in [9.17, 15) is 8.78 Å². The number of nitrogens with one attached hydrogen (secondary N) is 1. The SMILES string of the molecule is Cc1cc(N2C[C@H]3CC[C@@H](C2)[C@@H]3Nc2nc(Oc3cccc(Cl)c3F)n(CCF)n2)ncn1. The van der Waals surface area contributed by atoms with Crippen LogP contribution >= 0.6 is 11.6 Å². The second kappa shape index (κ2) is 9.09. The summed E-state index contributed by atoms with van der Waals surface area (Å²) in [7, 11) is 0. The van der Waals surface area contributed by atoms with Gasteiger partial charge in [0.25, 0.3) is 0 Å². The lowest BCUT2D eigenvalue weighted by atomic mass is 9.92. The van der Waals surface area contributed by atoms with Crippen molar-refractivity contribution in [1.29, 1.82) is 0 Å². The van der Waals surface area contributed by atoms with Crippen LogP contribution in [-0.4, -0.2) is 50.5 Å². The maximum Gasteiger partial charge on any atom is 0.322 e. The molecular weight excluding hydrogens is 452 g/mol. The smallest absolute Gasteiger partial charge is 0.322 e. The Hall–Kier alpha value is -3.01. The molecule has 3 atom stereocenters. The van der Waals surface area contributed by atoms with Crippen molar-refractivity contribution in [2.24, 2.45) is 11.8 Å². The summed E-state index contributed by atoms with van der Waals surface area (Å²) >= 11 is 5.84. The standard InChI is InChI=1S/C22H24ClF2N7O/c1-13-9-18(27-12-26-13)31-10-14-5-6-15(11-31)20(14)28-21-29-22(32(30-21)8-7-24)33-17-4-2-3-16(23)19(17)25/h2-4,9,12,14-15,20H,5-8,10-11H2,1H3,(H,28,30)/t14-,15+,20-. The lowest BCUT2D eigenvalue weighted by Gasteiger charge is -2.38. The van der Waals surface area contributed by atoms with Crippen LogP contribution in [0.3, 0.4) is 0 Å². The first-order chi connectivity index (χ1) is 16.0. The first-order valence-corrected chi connectivity index (χ1v) is 11.3. The van der Waals surface area contributed by atoms with Gasteiger partial charge in [-0.25, -0.2) is 23.4 Å². The molecular formula is C22H24ClF2N7O. The van der Waals surface area contributed by atoms with Crippen molar-refractivity contribution in [3.8, 4) is 11.8 Å². The highest BCUT2D eigenvalue weighted by atomic mass is 35.5. The van der Waals surface area contributed by atoms with Crippen LogP contribution in [0.25, 0.3) is 0 Å². The summed E-state index contributed by atoms with van der Waals surface area (Å²) in [6, 6.07) is 6.63. The molecule has 3 heterocycles. The Bertz CT molecular complexity index is 1130. The quantitative estimate of drug-likeness (QED) is 0.547. The molecule has 1 aliphatic carbocycles. The molecule has 0 amide bonds. The number of aryl methyl sites for hydroxylation is 2. The summed E-state index contributed by atoms with van der Waals surface area (Å²) < 4.78 is 34.3. The van der Waals surface area contributed by atoms with E-state index in [1.54, 1.807) is 12.4 Å². The van der Waals surface area contributed by atoms with Crippen LogP contribution < -0.4 is 15.0 Å². The molecule has 0 radical (unpaired) electrons. The molecule has 1 saturated carbocycles. The van der Waals surface area contributed by atoms with Crippen LogP contribution in [0, 0.1) is 24.6 Å². The van der Waals surface area contributed by atoms with Crippen molar-refractivity contribution in [2.45, 2.75) is 32.4 Å². The molecule has 2 fully saturated rings. The zero-order chi connectivity index (χ0) is 22.9. The molecule has 174 valence electrons.